The summed E-state index contributed by atoms with van der Waals surface area (Å²) in [5.74, 6) is -0.577. The minimum absolute atomic E-state index is 0.119. The zero-order valence-corrected chi connectivity index (χ0v) is 23.6. The molecule has 0 saturated heterocycles. The molecule has 2 aromatic carbocycles. The summed E-state index contributed by atoms with van der Waals surface area (Å²) in [4.78, 5) is 28.9. The maximum atomic E-state index is 13.9. The molecule has 0 radical (unpaired) electrons. The standard InChI is InChI=1S/C29H41N3O4S/c1-6-26(29(34)30-25-13-8-7-9-14-25)31(19-24-17-15-21(2)16-18-24)27(33)20-32(37(5,35)36)28-22(3)11-10-12-23(28)4/h10-12,15-18,25-26H,6-9,13-14,19-20H2,1-5H3,(H,30,34)/t26-/m1/s1. The van der Waals surface area contributed by atoms with Gasteiger partial charge in [0.1, 0.15) is 12.6 Å². The molecule has 202 valence electrons. The molecule has 1 aliphatic rings. The summed E-state index contributed by atoms with van der Waals surface area (Å²) in [6.45, 7) is 7.40. The van der Waals surface area contributed by atoms with E-state index in [1.165, 1.54) is 10.7 Å². The van der Waals surface area contributed by atoms with Gasteiger partial charge in [0.2, 0.25) is 21.8 Å². The number of nitrogens with zero attached hydrogens (tertiary/aromatic N) is 2. The Kier molecular flexibility index (Phi) is 9.76. The maximum Gasteiger partial charge on any atom is 0.244 e. The van der Waals surface area contributed by atoms with Gasteiger partial charge in [0.25, 0.3) is 0 Å². The Bertz CT molecular complexity index is 1170. The highest BCUT2D eigenvalue weighted by Gasteiger charge is 2.33. The van der Waals surface area contributed by atoms with Gasteiger partial charge in [-0.05, 0) is 56.7 Å². The topological polar surface area (TPSA) is 86.8 Å². The minimum Gasteiger partial charge on any atom is -0.352 e. The van der Waals surface area contributed by atoms with Crippen molar-refractivity contribution < 1.29 is 18.0 Å². The van der Waals surface area contributed by atoms with Crippen LogP contribution in [0.3, 0.4) is 0 Å². The smallest absolute Gasteiger partial charge is 0.244 e. The summed E-state index contributed by atoms with van der Waals surface area (Å²) in [7, 11) is -3.76. The van der Waals surface area contributed by atoms with Crippen molar-refractivity contribution in [1.29, 1.82) is 0 Å². The number of aryl methyl sites for hydroxylation is 3. The number of hydrogen-bond acceptors (Lipinski definition) is 4. The average Bonchev–Trinajstić information content (AvgIpc) is 2.84. The van der Waals surface area contributed by atoms with Gasteiger partial charge in [-0.15, -0.1) is 0 Å². The van der Waals surface area contributed by atoms with Crippen molar-refractivity contribution in [3.05, 3.63) is 64.7 Å². The molecule has 1 saturated carbocycles. The average molecular weight is 528 g/mol. The van der Waals surface area contributed by atoms with E-state index >= 15 is 0 Å². The minimum atomic E-state index is -3.76. The highest BCUT2D eigenvalue weighted by Crippen LogP contribution is 2.27. The van der Waals surface area contributed by atoms with Crippen LogP contribution in [0.25, 0.3) is 0 Å². The van der Waals surface area contributed by atoms with Crippen molar-refractivity contribution in [2.75, 3.05) is 17.1 Å². The summed E-state index contributed by atoms with van der Waals surface area (Å²) in [6.07, 6.45) is 6.80. The number of amides is 2. The second-order valence-electron chi connectivity index (χ2n) is 10.3. The number of carbonyl (C=O) groups is 2. The van der Waals surface area contributed by atoms with Gasteiger partial charge in [-0.1, -0.05) is 74.2 Å². The van der Waals surface area contributed by atoms with E-state index < -0.39 is 22.0 Å². The number of hydrogen-bond donors (Lipinski definition) is 1. The fourth-order valence-electron chi connectivity index (χ4n) is 5.13. The molecule has 8 heteroatoms. The van der Waals surface area contributed by atoms with Gasteiger partial charge in [0, 0.05) is 12.6 Å². The molecule has 2 aromatic rings. The third-order valence-electron chi connectivity index (χ3n) is 7.18. The fourth-order valence-corrected chi connectivity index (χ4v) is 6.09. The predicted octanol–water partition coefficient (Wildman–Crippen LogP) is 4.63. The van der Waals surface area contributed by atoms with Gasteiger partial charge in [-0.3, -0.25) is 13.9 Å². The molecule has 37 heavy (non-hydrogen) atoms. The first-order chi connectivity index (χ1) is 17.5. The van der Waals surface area contributed by atoms with Gasteiger partial charge < -0.3 is 10.2 Å². The molecule has 0 unspecified atom stereocenters. The first-order valence-corrected chi connectivity index (χ1v) is 15.1. The highest BCUT2D eigenvalue weighted by molar-refractivity contribution is 7.92. The summed E-state index contributed by atoms with van der Waals surface area (Å²) >= 11 is 0. The molecule has 0 bridgehead atoms. The maximum absolute atomic E-state index is 13.9. The molecule has 1 N–H and O–H groups in total. The summed E-state index contributed by atoms with van der Waals surface area (Å²) in [6, 6.07) is 12.8. The lowest BCUT2D eigenvalue weighted by Gasteiger charge is -2.34. The number of rotatable bonds is 10. The van der Waals surface area contributed by atoms with Crippen molar-refractivity contribution in [2.45, 2.75) is 84.8 Å². The van der Waals surface area contributed by atoms with Crippen LogP contribution in [0.2, 0.25) is 0 Å². The lowest BCUT2D eigenvalue weighted by atomic mass is 9.95. The highest BCUT2D eigenvalue weighted by atomic mass is 32.2. The molecular weight excluding hydrogens is 486 g/mol. The van der Waals surface area contributed by atoms with E-state index in [4.69, 9.17) is 0 Å². The van der Waals surface area contributed by atoms with Crippen molar-refractivity contribution in [3.63, 3.8) is 0 Å². The van der Waals surface area contributed by atoms with Gasteiger partial charge in [0.05, 0.1) is 11.9 Å². The second kappa shape index (κ2) is 12.6. The van der Waals surface area contributed by atoms with E-state index in [9.17, 15) is 18.0 Å². The first kappa shape index (κ1) is 28.7. The van der Waals surface area contributed by atoms with Gasteiger partial charge in [0.15, 0.2) is 0 Å². The van der Waals surface area contributed by atoms with Gasteiger partial charge >= 0.3 is 0 Å². The molecule has 0 aliphatic heterocycles. The molecule has 1 atom stereocenters. The summed E-state index contributed by atoms with van der Waals surface area (Å²) in [5, 5.41) is 3.17. The quantitative estimate of drug-likeness (QED) is 0.488. The number of nitrogens with one attached hydrogen (secondary N) is 1. The zero-order chi connectivity index (χ0) is 27.2. The first-order valence-electron chi connectivity index (χ1n) is 13.2. The number of anilines is 1. The van der Waals surface area contributed by atoms with E-state index in [2.05, 4.69) is 5.32 Å². The largest absolute Gasteiger partial charge is 0.352 e. The van der Waals surface area contributed by atoms with E-state index in [0.29, 0.717) is 12.1 Å². The molecule has 1 fully saturated rings. The van der Waals surface area contributed by atoms with E-state index in [0.717, 1.165) is 54.2 Å². The molecule has 0 heterocycles. The van der Waals surface area contributed by atoms with Gasteiger partial charge in [-0.2, -0.15) is 0 Å². The Morgan fingerprint density at radius 3 is 2.11 bits per heavy atom. The molecular formula is C29H41N3O4S. The van der Waals surface area contributed by atoms with Crippen LogP contribution in [0.15, 0.2) is 42.5 Å². The van der Waals surface area contributed by atoms with Crippen LogP contribution in [0.1, 0.15) is 67.7 Å². The third kappa shape index (κ3) is 7.57. The number of carbonyl (C=O) groups excluding carboxylic acids is 2. The Morgan fingerprint density at radius 2 is 1.57 bits per heavy atom. The van der Waals surface area contributed by atoms with Crippen LogP contribution in [0, 0.1) is 20.8 Å². The number of benzene rings is 2. The van der Waals surface area contributed by atoms with E-state index in [1.807, 2.05) is 70.2 Å². The Morgan fingerprint density at radius 1 is 0.973 bits per heavy atom. The SMILES string of the molecule is CC[C@H](C(=O)NC1CCCCC1)N(Cc1ccc(C)cc1)C(=O)CN(c1c(C)cccc1C)S(C)(=O)=O. The molecule has 1 aliphatic carbocycles. The van der Waals surface area contributed by atoms with Crippen molar-refractivity contribution >= 4 is 27.5 Å². The van der Waals surface area contributed by atoms with E-state index in [-0.39, 0.29) is 25.0 Å². The Labute approximate surface area is 222 Å². The molecule has 3 rings (SSSR count). The monoisotopic (exact) mass is 527 g/mol. The van der Waals surface area contributed by atoms with Crippen molar-refractivity contribution in [2.24, 2.45) is 0 Å². The van der Waals surface area contributed by atoms with Crippen molar-refractivity contribution in [3.8, 4) is 0 Å². The van der Waals surface area contributed by atoms with Crippen LogP contribution in [0.5, 0.6) is 0 Å². The fraction of sp³-hybridized carbons (Fsp3) is 0.517. The third-order valence-corrected chi connectivity index (χ3v) is 8.29. The van der Waals surface area contributed by atoms with Crippen molar-refractivity contribution in [1.82, 2.24) is 10.2 Å². The Hall–Kier alpha value is -2.87. The van der Waals surface area contributed by atoms with Crippen LogP contribution in [-0.4, -0.2) is 50.0 Å². The molecule has 2 amide bonds. The van der Waals surface area contributed by atoms with Crippen LogP contribution >= 0.6 is 0 Å². The van der Waals surface area contributed by atoms with Crippen LogP contribution < -0.4 is 9.62 Å². The summed E-state index contributed by atoms with van der Waals surface area (Å²) in [5.41, 5.74) is 4.03. The number of para-hydroxylation sites is 1. The van der Waals surface area contributed by atoms with Gasteiger partial charge in [-0.25, -0.2) is 8.42 Å². The Balaban J connectivity index is 1.94. The van der Waals surface area contributed by atoms with Crippen LogP contribution in [-0.2, 0) is 26.2 Å². The predicted molar refractivity (Wildman–Crippen MR) is 149 cm³/mol. The lowest BCUT2D eigenvalue weighted by Crippen LogP contribution is -2.54. The lowest BCUT2D eigenvalue weighted by molar-refractivity contribution is -0.140. The van der Waals surface area contributed by atoms with E-state index in [1.54, 1.807) is 4.90 Å². The molecule has 0 aromatic heterocycles. The van der Waals surface area contributed by atoms with Crippen LogP contribution in [0.4, 0.5) is 5.69 Å². The number of sulfonamides is 1. The molecule has 7 nitrogen and oxygen atoms in total. The second-order valence-corrected chi connectivity index (χ2v) is 12.2. The molecule has 0 spiro atoms. The summed E-state index contributed by atoms with van der Waals surface area (Å²) < 4.78 is 27.0. The normalized spacial score (nSPS) is 15.2. The zero-order valence-electron chi connectivity index (χ0n) is 22.8.